The molecule has 1 saturated heterocycles. The van der Waals surface area contributed by atoms with Crippen LogP contribution in [0.4, 0.5) is 0 Å². The van der Waals surface area contributed by atoms with E-state index >= 15 is 0 Å². The molecule has 0 amide bonds. The van der Waals surface area contributed by atoms with Crippen LogP contribution in [0.2, 0.25) is 10.0 Å². The number of carboxylic acids is 1. The fourth-order valence-corrected chi connectivity index (χ4v) is 2.68. The molecule has 5 heteroatoms. The molecule has 1 aliphatic heterocycles. The first kappa shape index (κ1) is 12.7. The quantitative estimate of drug-likeness (QED) is 0.891. The molecule has 1 unspecified atom stereocenters. The molecule has 17 heavy (non-hydrogen) atoms. The largest absolute Gasteiger partial charge is 0.480 e. The third-order valence-corrected chi connectivity index (χ3v) is 3.75. The zero-order valence-electron chi connectivity index (χ0n) is 9.17. The average Bonchev–Trinajstić information content (AvgIpc) is 2.72. The van der Waals surface area contributed by atoms with Crippen molar-refractivity contribution in [1.29, 1.82) is 0 Å². The zero-order valence-corrected chi connectivity index (χ0v) is 10.7. The Morgan fingerprint density at radius 3 is 2.76 bits per heavy atom. The molecule has 1 aliphatic rings. The van der Waals surface area contributed by atoms with Gasteiger partial charge in [-0.2, -0.15) is 0 Å². The van der Waals surface area contributed by atoms with Crippen molar-refractivity contribution in [3.05, 3.63) is 33.8 Å². The Balaban J connectivity index is 2.26. The second-order valence-electron chi connectivity index (χ2n) is 4.33. The van der Waals surface area contributed by atoms with Gasteiger partial charge in [-0.15, -0.1) is 0 Å². The molecule has 1 heterocycles. The van der Waals surface area contributed by atoms with Crippen LogP contribution in [0.5, 0.6) is 0 Å². The predicted octanol–water partition coefficient (Wildman–Crippen LogP) is 2.74. The molecule has 0 saturated carbocycles. The number of carboxylic acid groups (broad SMARTS) is 1. The van der Waals surface area contributed by atoms with Gasteiger partial charge in [0, 0.05) is 16.5 Å². The van der Waals surface area contributed by atoms with Crippen LogP contribution < -0.4 is 5.32 Å². The highest BCUT2D eigenvalue weighted by Gasteiger charge is 2.41. The third-order valence-electron chi connectivity index (χ3n) is 3.16. The lowest BCUT2D eigenvalue weighted by Crippen LogP contribution is -2.49. The zero-order chi connectivity index (χ0) is 12.5. The van der Waals surface area contributed by atoms with Crippen LogP contribution in [0.1, 0.15) is 18.4 Å². The second kappa shape index (κ2) is 4.84. The Bertz CT molecular complexity index is 442. The van der Waals surface area contributed by atoms with Gasteiger partial charge in [-0.25, -0.2) is 0 Å². The van der Waals surface area contributed by atoms with E-state index < -0.39 is 11.5 Å². The van der Waals surface area contributed by atoms with Crippen LogP contribution in [-0.2, 0) is 11.2 Å². The first-order valence-corrected chi connectivity index (χ1v) is 6.21. The van der Waals surface area contributed by atoms with Crippen molar-refractivity contribution in [3.8, 4) is 0 Å². The topological polar surface area (TPSA) is 49.3 Å². The van der Waals surface area contributed by atoms with E-state index in [0.717, 1.165) is 18.5 Å². The van der Waals surface area contributed by atoms with Gasteiger partial charge < -0.3 is 10.4 Å². The summed E-state index contributed by atoms with van der Waals surface area (Å²) in [7, 11) is 0. The molecule has 0 bridgehead atoms. The molecule has 0 aromatic heterocycles. The molecule has 1 fully saturated rings. The van der Waals surface area contributed by atoms with Crippen LogP contribution in [-0.4, -0.2) is 23.2 Å². The van der Waals surface area contributed by atoms with E-state index in [4.69, 9.17) is 23.2 Å². The normalized spacial score (nSPS) is 23.9. The summed E-state index contributed by atoms with van der Waals surface area (Å²) in [4.78, 5) is 11.4. The van der Waals surface area contributed by atoms with E-state index in [0.29, 0.717) is 22.9 Å². The van der Waals surface area contributed by atoms with Gasteiger partial charge in [-0.1, -0.05) is 29.3 Å². The lowest BCUT2D eigenvalue weighted by atomic mass is 9.89. The Hall–Kier alpha value is -0.770. The fourth-order valence-electron chi connectivity index (χ4n) is 2.21. The maximum atomic E-state index is 11.4. The van der Waals surface area contributed by atoms with Crippen LogP contribution in [0, 0.1) is 0 Å². The molecular formula is C12H13Cl2NO2. The summed E-state index contributed by atoms with van der Waals surface area (Å²) < 4.78 is 0. The Labute approximate surface area is 110 Å². The van der Waals surface area contributed by atoms with Crippen molar-refractivity contribution in [2.75, 3.05) is 6.54 Å². The van der Waals surface area contributed by atoms with Crippen molar-refractivity contribution >= 4 is 29.2 Å². The van der Waals surface area contributed by atoms with E-state index in [2.05, 4.69) is 5.32 Å². The Morgan fingerprint density at radius 1 is 1.47 bits per heavy atom. The molecule has 0 radical (unpaired) electrons. The maximum absolute atomic E-state index is 11.4. The molecule has 92 valence electrons. The number of halogens is 2. The molecule has 1 atom stereocenters. The molecule has 2 N–H and O–H groups in total. The van der Waals surface area contributed by atoms with Crippen molar-refractivity contribution in [2.45, 2.75) is 24.8 Å². The van der Waals surface area contributed by atoms with Gasteiger partial charge in [0.1, 0.15) is 5.54 Å². The summed E-state index contributed by atoms with van der Waals surface area (Å²) in [6.07, 6.45) is 1.89. The van der Waals surface area contributed by atoms with E-state index in [-0.39, 0.29) is 0 Å². The lowest BCUT2D eigenvalue weighted by Gasteiger charge is -2.25. The van der Waals surface area contributed by atoms with Gasteiger partial charge in [-0.05, 0) is 37.1 Å². The smallest absolute Gasteiger partial charge is 0.324 e. The minimum Gasteiger partial charge on any atom is -0.480 e. The highest BCUT2D eigenvalue weighted by molar-refractivity contribution is 6.35. The summed E-state index contributed by atoms with van der Waals surface area (Å²) in [5.41, 5.74) is -0.0647. The van der Waals surface area contributed by atoms with Gasteiger partial charge in [0.05, 0.1) is 0 Å². The minimum atomic E-state index is -0.878. The number of aliphatic carboxylic acids is 1. The van der Waals surface area contributed by atoms with Crippen LogP contribution in [0.25, 0.3) is 0 Å². The van der Waals surface area contributed by atoms with Crippen molar-refractivity contribution < 1.29 is 9.90 Å². The van der Waals surface area contributed by atoms with Gasteiger partial charge in [0.15, 0.2) is 0 Å². The SMILES string of the molecule is O=C(O)C1(Cc2ccc(Cl)cc2Cl)CCCN1. The summed E-state index contributed by atoms with van der Waals surface area (Å²) >= 11 is 11.9. The van der Waals surface area contributed by atoms with Crippen molar-refractivity contribution in [2.24, 2.45) is 0 Å². The van der Waals surface area contributed by atoms with Crippen molar-refractivity contribution in [1.82, 2.24) is 5.32 Å². The lowest BCUT2D eigenvalue weighted by molar-refractivity contribution is -0.144. The summed E-state index contributed by atoms with van der Waals surface area (Å²) in [6.45, 7) is 0.734. The second-order valence-corrected chi connectivity index (χ2v) is 5.17. The number of carbonyl (C=O) groups is 1. The molecular weight excluding hydrogens is 261 g/mol. The third kappa shape index (κ3) is 2.57. The molecule has 3 nitrogen and oxygen atoms in total. The maximum Gasteiger partial charge on any atom is 0.324 e. The Morgan fingerprint density at radius 2 is 2.24 bits per heavy atom. The van der Waals surface area contributed by atoms with Crippen LogP contribution in [0.3, 0.4) is 0 Å². The fraction of sp³-hybridized carbons (Fsp3) is 0.417. The first-order valence-electron chi connectivity index (χ1n) is 5.46. The van der Waals surface area contributed by atoms with E-state index in [9.17, 15) is 9.90 Å². The molecule has 1 aromatic rings. The average molecular weight is 274 g/mol. The summed E-state index contributed by atoms with van der Waals surface area (Å²) in [5.74, 6) is -0.819. The van der Waals surface area contributed by atoms with Gasteiger partial charge in [0.25, 0.3) is 0 Å². The molecule has 2 rings (SSSR count). The van der Waals surface area contributed by atoms with Crippen molar-refractivity contribution in [3.63, 3.8) is 0 Å². The van der Waals surface area contributed by atoms with Gasteiger partial charge in [0.2, 0.25) is 0 Å². The highest BCUT2D eigenvalue weighted by Crippen LogP contribution is 2.29. The monoisotopic (exact) mass is 273 g/mol. The first-order chi connectivity index (χ1) is 8.03. The number of rotatable bonds is 3. The van der Waals surface area contributed by atoms with E-state index in [1.54, 1.807) is 18.2 Å². The molecule has 0 spiro atoms. The Kier molecular flexibility index (Phi) is 3.61. The summed E-state index contributed by atoms with van der Waals surface area (Å²) in [6, 6.07) is 5.16. The molecule has 1 aromatic carbocycles. The number of benzene rings is 1. The number of hydrogen-bond acceptors (Lipinski definition) is 2. The number of hydrogen-bond donors (Lipinski definition) is 2. The summed E-state index contributed by atoms with van der Waals surface area (Å²) in [5, 5.41) is 13.5. The van der Waals surface area contributed by atoms with Gasteiger partial charge >= 0.3 is 5.97 Å². The molecule has 0 aliphatic carbocycles. The van der Waals surface area contributed by atoms with Gasteiger partial charge in [-0.3, -0.25) is 4.79 Å². The highest BCUT2D eigenvalue weighted by atomic mass is 35.5. The standard InChI is InChI=1S/C12H13Cl2NO2/c13-9-3-2-8(10(14)6-9)7-12(11(16)17)4-1-5-15-12/h2-3,6,15H,1,4-5,7H2,(H,16,17). The van der Waals surface area contributed by atoms with E-state index in [1.165, 1.54) is 0 Å². The number of nitrogens with one attached hydrogen (secondary N) is 1. The van der Waals surface area contributed by atoms with E-state index in [1.807, 2.05) is 0 Å². The minimum absolute atomic E-state index is 0.387. The van der Waals surface area contributed by atoms with Crippen LogP contribution >= 0.6 is 23.2 Å². The predicted molar refractivity (Wildman–Crippen MR) is 67.8 cm³/mol. The van der Waals surface area contributed by atoms with Crippen LogP contribution in [0.15, 0.2) is 18.2 Å².